The fourth-order valence-electron chi connectivity index (χ4n) is 2.76. The van der Waals surface area contributed by atoms with Crippen molar-refractivity contribution in [3.05, 3.63) is 57.8 Å². The Hall–Kier alpha value is -1.78. The van der Waals surface area contributed by atoms with Crippen molar-refractivity contribution in [2.75, 3.05) is 31.1 Å². The number of hydrogen-bond donors (Lipinski definition) is 0. The molecule has 1 aromatic heterocycles. The SMILES string of the molecule is Cc1ccc(Cl)cc1N1CCN(C(=O)c2ccc(Cl)nc2)CC1. The monoisotopic (exact) mass is 349 g/mol. The molecule has 0 bridgehead atoms. The van der Waals surface area contributed by atoms with Crippen LogP contribution in [0.4, 0.5) is 5.69 Å². The number of carbonyl (C=O) groups excluding carboxylic acids is 1. The van der Waals surface area contributed by atoms with Gasteiger partial charge in [-0.15, -0.1) is 0 Å². The zero-order chi connectivity index (χ0) is 16.4. The van der Waals surface area contributed by atoms with Crippen LogP contribution >= 0.6 is 23.2 Å². The molecule has 1 aliphatic heterocycles. The lowest BCUT2D eigenvalue weighted by Gasteiger charge is -2.36. The Morgan fingerprint density at radius 1 is 1.09 bits per heavy atom. The van der Waals surface area contributed by atoms with Gasteiger partial charge < -0.3 is 9.80 Å². The van der Waals surface area contributed by atoms with Crippen molar-refractivity contribution in [3.8, 4) is 0 Å². The average molecular weight is 350 g/mol. The summed E-state index contributed by atoms with van der Waals surface area (Å²) in [5.74, 6) is -0.00312. The predicted octanol–water partition coefficient (Wildman–Crippen LogP) is 3.66. The molecule has 2 heterocycles. The van der Waals surface area contributed by atoms with Crippen LogP contribution in [-0.4, -0.2) is 42.0 Å². The number of carbonyl (C=O) groups is 1. The van der Waals surface area contributed by atoms with Crippen molar-refractivity contribution in [3.63, 3.8) is 0 Å². The molecule has 1 aromatic carbocycles. The second-order valence-corrected chi connectivity index (χ2v) is 6.40. The van der Waals surface area contributed by atoms with Crippen molar-refractivity contribution >= 4 is 34.8 Å². The van der Waals surface area contributed by atoms with Gasteiger partial charge in [0, 0.05) is 43.1 Å². The number of aromatic nitrogens is 1. The van der Waals surface area contributed by atoms with Crippen molar-refractivity contribution in [2.24, 2.45) is 0 Å². The summed E-state index contributed by atoms with van der Waals surface area (Å²) in [5.41, 5.74) is 2.90. The van der Waals surface area contributed by atoms with Gasteiger partial charge in [-0.25, -0.2) is 4.98 Å². The molecule has 0 radical (unpaired) electrons. The first kappa shape index (κ1) is 16.1. The summed E-state index contributed by atoms with van der Waals surface area (Å²) in [7, 11) is 0. The summed E-state index contributed by atoms with van der Waals surface area (Å²) in [5, 5.41) is 1.12. The number of anilines is 1. The molecular formula is C17H17Cl2N3O. The van der Waals surface area contributed by atoms with Gasteiger partial charge in [-0.05, 0) is 36.8 Å². The molecule has 0 unspecified atom stereocenters. The van der Waals surface area contributed by atoms with E-state index in [2.05, 4.69) is 16.8 Å². The minimum absolute atomic E-state index is 0.00312. The maximum atomic E-state index is 12.5. The Labute approximate surface area is 145 Å². The lowest BCUT2D eigenvalue weighted by Crippen LogP contribution is -2.49. The van der Waals surface area contributed by atoms with E-state index < -0.39 is 0 Å². The molecule has 0 saturated carbocycles. The largest absolute Gasteiger partial charge is 0.368 e. The highest BCUT2D eigenvalue weighted by Crippen LogP contribution is 2.25. The van der Waals surface area contributed by atoms with Crippen molar-refractivity contribution in [2.45, 2.75) is 6.92 Å². The first-order valence-electron chi connectivity index (χ1n) is 7.46. The molecule has 1 amide bonds. The van der Waals surface area contributed by atoms with Crippen LogP contribution in [0.1, 0.15) is 15.9 Å². The molecule has 0 aliphatic carbocycles. The summed E-state index contributed by atoms with van der Waals surface area (Å²) in [6.07, 6.45) is 1.53. The third-order valence-corrected chi connectivity index (χ3v) is 4.51. The first-order valence-corrected chi connectivity index (χ1v) is 8.22. The lowest BCUT2D eigenvalue weighted by atomic mass is 10.1. The van der Waals surface area contributed by atoms with Gasteiger partial charge in [-0.2, -0.15) is 0 Å². The van der Waals surface area contributed by atoms with Gasteiger partial charge in [0.15, 0.2) is 0 Å². The maximum Gasteiger partial charge on any atom is 0.255 e. The number of benzene rings is 1. The Balaban J connectivity index is 1.67. The summed E-state index contributed by atoms with van der Waals surface area (Å²) < 4.78 is 0. The summed E-state index contributed by atoms with van der Waals surface area (Å²) in [4.78, 5) is 20.6. The van der Waals surface area contributed by atoms with Crippen molar-refractivity contribution in [1.29, 1.82) is 0 Å². The van der Waals surface area contributed by atoms with Crippen LogP contribution in [0.25, 0.3) is 0 Å². The normalized spacial score (nSPS) is 14.9. The van der Waals surface area contributed by atoms with E-state index in [4.69, 9.17) is 23.2 Å². The summed E-state index contributed by atoms with van der Waals surface area (Å²) in [6, 6.07) is 9.26. The predicted molar refractivity (Wildman–Crippen MR) is 93.6 cm³/mol. The van der Waals surface area contributed by atoms with E-state index in [1.165, 1.54) is 11.8 Å². The van der Waals surface area contributed by atoms with Gasteiger partial charge >= 0.3 is 0 Å². The first-order chi connectivity index (χ1) is 11.0. The molecule has 4 nitrogen and oxygen atoms in total. The molecule has 3 rings (SSSR count). The van der Waals surface area contributed by atoms with Crippen LogP contribution in [0, 0.1) is 6.92 Å². The number of hydrogen-bond acceptors (Lipinski definition) is 3. The molecule has 0 spiro atoms. The maximum absolute atomic E-state index is 12.5. The van der Waals surface area contributed by atoms with E-state index in [1.807, 2.05) is 23.1 Å². The second kappa shape index (κ2) is 6.77. The third-order valence-electron chi connectivity index (χ3n) is 4.05. The Morgan fingerprint density at radius 2 is 1.83 bits per heavy atom. The zero-order valence-corrected chi connectivity index (χ0v) is 14.3. The van der Waals surface area contributed by atoms with Gasteiger partial charge in [0.2, 0.25) is 0 Å². The van der Waals surface area contributed by atoms with Gasteiger partial charge in [0.25, 0.3) is 5.91 Å². The zero-order valence-electron chi connectivity index (χ0n) is 12.8. The molecule has 23 heavy (non-hydrogen) atoms. The van der Waals surface area contributed by atoms with Gasteiger partial charge in [0.05, 0.1) is 5.56 Å². The van der Waals surface area contributed by atoms with E-state index in [0.29, 0.717) is 23.8 Å². The lowest BCUT2D eigenvalue weighted by molar-refractivity contribution is 0.0746. The topological polar surface area (TPSA) is 36.4 Å². The second-order valence-electron chi connectivity index (χ2n) is 5.58. The number of halogens is 2. The molecule has 1 aliphatic rings. The standard InChI is InChI=1S/C17H17Cl2N3O/c1-12-2-4-14(18)10-15(12)21-6-8-22(9-7-21)17(23)13-3-5-16(19)20-11-13/h2-5,10-11H,6-9H2,1H3. The molecule has 0 atom stereocenters. The molecule has 6 heteroatoms. The number of aryl methyl sites for hydroxylation is 1. The molecule has 0 N–H and O–H groups in total. The Bertz CT molecular complexity index is 710. The third kappa shape index (κ3) is 3.59. The minimum atomic E-state index is -0.00312. The molecule has 2 aromatic rings. The molecular weight excluding hydrogens is 333 g/mol. The smallest absolute Gasteiger partial charge is 0.255 e. The van der Waals surface area contributed by atoms with Crippen LogP contribution < -0.4 is 4.90 Å². The van der Waals surface area contributed by atoms with Gasteiger partial charge in [0.1, 0.15) is 5.15 Å². The highest BCUT2D eigenvalue weighted by atomic mass is 35.5. The van der Waals surface area contributed by atoms with Gasteiger partial charge in [-0.1, -0.05) is 29.3 Å². The number of piperazine rings is 1. The average Bonchev–Trinajstić information content (AvgIpc) is 2.57. The van der Waals surface area contributed by atoms with E-state index in [9.17, 15) is 4.79 Å². The quantitative estimate of drug-likeness (QED) is 0.776. The number of nitrogens with zero attached hydrogens (tertiary/aromatic N) is 3. The molecule has 1 fully saturated rings. The fourth-order valence-corrected chi connectivity index (χ4v) is 3.04. The number of pyridine rings is 1. The Kier molecular flexibility index (Phi) is 4.74. The number of rotatable bonds is 2. The van der Waals surface area contributed by atoms with Crippen LogP contribution in [0.2, 0.25) is 10.2 Å². The molecule has 1 saturated heterocycles. The van der Waals surface area contributed by atoms with Crippen LogP contribution in [-0.2, 0) is 0 Å². The van der Waals surface area contributed by atoms with Gasteiger partial charge in [-0.3, -0.25) is 4.79 Å². The number of amides is 1. The fraction of sp³-hybridized carbons (Fsp3) is 0.294. The van der Waals surface area contributed by atoms with E-state index >= 15 is 0 Å². The van der Waals surface area contributed by atoms with E-state index in [1.54, 1.807) is 12.1 Å². The summed E-state index contributed by atoms with van der Waals surface area (Å²) in [6.45, 7) is 4.99. The van der Waals surface area contributed by atoms with E-state index in [-0.39, 0.29) is 5.91 Å². The minimum Gasteiger partial charge on any atom is -0.368 e. The molecule has 120 valence electrons. The van der Waals surface area contributed by atoms with Crippen molar-refractivity contribution in [1.82, 2.24) is 9.88 Å². The summed E-state index contributed by atoms with van der Waals surface area (Å²) >= 11 is 11.9. The van der Waals surface area contributed by atoms with Crippen molar-refractivity contribution < 1.29 is 4.79 Å². The van der Waals surface area contributed by atoms with Crippen LogP contribution in [0.5, 0.6) is 0 Å². The van der Waals surface area contributed by atoms with Crippen LogP contribution in [0.3, 0.4) is 0 Å². The highest BCUT2D eigenvalue weighted by molar-refractivity contribution is 6.31. The highest BCUT2D eigenvalue weighted by Gasteiger charge is 2.23. The Morgan fingerprint density at radius 3 is 2.48 bits per heavy atom. The van der Waals surface area contributed by atoms with Crippen LogP contribution in [0.15, 0.2) is 36.5 Å². The van der Waals surface area contributed by atoms with E-state index in [0.717, 1.165) is 23.8 Å².